The number of hydrogen-bond donors (Lipinski definition) is 2. The van der Waals surface area contributed by atoms with Crippen LogP contribution in [-0.2, 0) is 17.6 Å². The minimum atomic E-state index is -0.786. The summed E-state index contributed by atoms with van der Waals surface area (Å²) in [5.41, 5.74) is 3.91. The third kappa shape index (κ3) is 3.80. The van der Waals surface area contributed by atoms with Gasteiger partial charge in [-0.05, 0) is 54.5 Å². The van der Waals surface area contributed by atoms with Crippen LogP contribution in [0.3, 0.4) is 0 Å². The molecule has 0 fully saturated rings. The van der Waals surface area contributed by atoms with Crippen molar-refractivity contribution in [2.24, 2.45) is 11.0 Å². The molecular formula is C25H24N4O3S. The number of aromatic nitrogens is 2. The molecule has 0 saturated carbocycles. The summed E-state index contributed by atoms with van der Waals surface area (Å²) in [6, 6.07) is 10.2. The van der Waals surface area contributed by atoms with Crippen molar-refractivity contribution in [1.29, 1.82) is 0 Å². The van der Waals surface area contributed by atoms with Crippen molar-refractivity contribution in [3.05, 3.63) is 69.1 Å². The van der Waals surface area contributed by atoms with Crippen LogP contribution < -0.4 is 11.0 Å². The number of amides is 1. The van der Waals surface area contributed by atoms with Gasteiger partial charge in [0.15, 0.2) is 0 Å². The number of aryl methyl sites for hydroxylation is 1. The summed E-state index contributed by atoms with van der Waals surface area (Å²) < 4.78 is 1.37. The van der Waals surface area contributed by atoms with Gasteiger partial charge in [0.05, 0.1) is 17.9 Å². The fourth-order valence-corrected chi connectivity index (χ4v) is 5.76. The lowest BCUT2D eigenvalue weighted by molar-refractivity contribution is -0.123. The average Bonchev–Trinajstić information content (AvgIpc) is 3.18. The van der Waals surface area contributed by atoms with E-state index in [-0.39, 0.29) is 11.3 Å². The molecular weight excluding hydrogens is 436 g/mol. The van der Waals surface area contributed by atoms with Crippen molar-refractivity contribution in [2.45, 2.75) is 39.2 Å². The number of carbonyl (C=O) groups excluding carboxylic acids is 1. The Morgan fingerprint density at radius 1 is 1.33 bits per heavy atom. The summed E-state index contributed by atoms with van der Waals surface area (Å²) >= 11 is 1.59. The number of phenols is 1. The maximum Gasteiger partial charge on any atom is 0.263 e. The number of phenolic OH excluding ortho intramolecular Hbond substituents is 1. The van der Waals surface area contributed by atoms with Gasteiger partial charge in [0.2, 0.25) is 0 Å². The van der Waals surface area contributed by atoms with E-state index in [0.717, 1.165) is 40.4 Å². The molecule has 2 heterocycles. The lowest BCUT2D eigenvalue weighted by atomic mass is 9.89. The Kier molecular flexibility index (Phi) is 5.46. The van der Waals surface area contributed by atoms with Crippen molar-refractivity contribution in [1.82, 2.24) is 15.0 Å². The molecule has 0 spiro atoms. The maximum absolute atomic E-state index is 13.3. The SMILES string of the molecule is C[C@@H]1CCc2c(sc3ncn([C@H](C)C(=O)N/N=C\c4c(O)ccc5ccccc45)c(=O)c23)C1. The summed E-state index contributed by atoms with van der Waals surface area (Å²) in [7, 11) is 0. The highest BCUT2D eigenvalue weighted by Crippen LogP contribution is 2.35. The molecule has 2 N–H and O–H groups in total. The van der Waals surface area contributed by atoms with Gasteiger partial charge in [-0.2, -0.15) is 5.10 Å². The van der Waals surface area contributed by atoms with Gasteiger partial charge in [0.25, 0.3) is 11.5 Å². The second kappa shape index (κ2) is 8.44. The van der Waals surface area contributed by atoms with Gasteiger partial charge in [0, 0.05) is 10.4 Å². The highest BCUT2D eigenvalue weighted by Gasteiger charge is 2.25. The van der Waals surface area contributed by atoms with Gasteiger partial charge in [-0.15, -0.1) is 11.3 Å². The minimum Gasteiger partial charge on any atom is -0.507 e. The molecule has 1 amide bonds. The number of benzene rings is 2. The van der Waals surface area contributed by atoms with Gasteiger partial charge < -0.3 is 5.11 Å². The Morgan fingerprint density at radius 3 is 3.00 bits per heavy atom. The van der Waals surface area contributed by atoms with E-state index in [4.69, 9.17) is 0 Å². The second-order valence-electron chi connectivity index (χ2n) is 8.62. The standard InChI is InChI=1S/C25H24N4O3S/c1-14-7-9-18-21(11-14)33-24-22(18)25(32)29(13-26-24)15(2)23(31)28-27-12-19-17-6-4-3-5-16(17)8-10-20(19)30/h3-6,8,10,12-15,30H,7,9,11H2,1-2H3,(H,28,31)/b27-12-/t14-,15-/m1/s1. The van der Waals surface area contributed by atoms with Crippen molar-refractivity contribution in [2.75, 3.05) is 0 Å². The molecule has 168 valence electrons. The number of aromatic hydroxyl groups is 1. The Bertz CT molecular complexity index is 1470. The number of rotatable bonds is 4. The fourth-order valence-electron chi connectivity index (χ4n) is 4.42. The molecule has 33 heavy (non-hydrogen) atoms. The first-order valence-electron chi connectivity index (χ1n) is 11.0. The lowest BCUT2D eigenvalue weighted by Gasteiger charge is -2.18. The molecule has 0 aliphatic heterocycles. The third-order valence-corrected chi connectivity index (χ3v) is 7.52. The summed E-state index contributed by atoms with van der Waals surface area (Å²) in [6.07, 6.45) is 5.76. The first-order chi connectivity index (χ1) is 15.9. The Hall–Kier alpha value is -3.52. The van der Waals surface area contributed by atoms with E-state index in [2.05, 4.69) is 22.4 Å². The van der Waals surface area contributed by atoms with E-state index in [1.165, 1.54) is 22.0 Å². The first-order valence-corrected chi connectivity index (χ1v) is 11.8. The smallest absolute Gasteiger partial charge is 0.263 e. The molecule has 2 aromatic heterocycles. The topological polar surface area (TPSA) is 96.6 Å². The van der Waals surface area contributed by atoms with Crippen LogP contribution in [0, 0.1) is 5.92 Å². The van der Waals surface area contributed by atoms with E-state index < -0.39 is 11.9 Å². The normalized spacial score (nSPS) is 16.8. The van der Waals surface area contributed by atoms with Crippen LogP contribution in [0.1, 0.15) is 42.3 Å². The second-order valence-corrected chi connectivity index (χ2v) is 9.70. The predicted molar refractivity (Wildman–Crippen MR) is 131 cm³/mol. The highest BCUT2D eigenvalue weighted by atomic mass is 32.1. The van der Waals surface area contributed by atoms with E-state index >= 15 is 0 Å². The summed E-state index contributed by atoms with van der Waals surface area (Å²) in [5, 5.41) is 16.7. The Balaban J connectivity index is 1.40. The molecule has 5 rings (SSSR count). The van der Waals surface area contributed by atoms with Gasteiger partial charge in [0.1, 0.15) is 16.6 Å². The molecule has 0 bridgehead atoms. The third-order valence-electron chi connectivity index (χ3n) is 6.35. The van der Waals surface area contributed by atoms with E-state index in [1.54, 1.807) is 24.3 Å². The molecule has 0 radical (unpaired) electrons. The van der Waals surface area contributed by atoms with Gasteiger partial charge in [-0.1, -0.05) is 37.3 Å². The van der Waals surface area contributed by atoms with Crippen molar-refractivity contribution in [3.63, 3.8) is 0 Å². The average molecular weight is 461 g/mol. The van der Waals surface area contributed by atoms with Crippen LogP contribution in [0.2, 0.25) is 0 Å². The van der Waals surface area contributed by atoms with Crippen LogP contribution >= 0.6 is 11.3 Å². The monoisotopic (exact) mass is 460 g/mol. The zero-order valence-corrected chi connectivity index (χ0v) is 19.2. The number of hydrazone groups is 1. The Labute approximate surface area is 194 Å². The summed E-state index contributed by atoms with van der Waals surface area (Å²) in [4.78, 5) is 32.5. The van der Waals surface area contributed by atoms with Crippen LogP contribution in [0.25, 0.3) is 21.0 Å². The quantitative estimate of drug-likeness (QED) is 0.353. The maximum atomic E-state index is 13.3. The van der Waals surface area contributed by atoms with Gasteiger partial charge in [-0.3, -0.25) is 14.2 Å². The van der Waals surface area contributed by atoms with Gasteiger partial charge in [-0.25, -0.2) is 10.4 Å². The number of thiophene rings is 1. The van der Waals surface area contributed by atoms with Crippen LogP contribution in [-0.4, -0.2) is 26.8 Å². The predicted octanol–water partition coefficient (Wildman–Crippen LogP) is 4.15. The first kappa shape index (κ1) is 21.3. The molecule has 4 aromatic rings. The van der Waals surface area contributed by atoms with Crippen molar-refractivity contribution in [3.8, 4) is 5.75 Å². The van der Waals surface area contributed by atoms with Gasteiger partial charge >= 0.3 is 0 Å². The molecule has 0 saturated heterocycles. The van der Waals surface area contributed by atoms with Crippen molar-refractivity contribution < 1.29 is 9.90 Å². The fraction of sp³-hybridized carbons (Fsp3) is 0.280. The summed E-state index contributed by atoms with van der Waals surface area (Å²) in [5.74, 6) is 0.241. The van der Waals surface area contributed by atoms with Crippen LogP contribution in [0.5, 0.6) is 5.75 Å². The lowest BCUT2D eigenvalue weighted by Crippen LogP contribution is -2.34. The Morgan fingerprint density at radius 2 is 2.15 bits per heavy atom. The largest absolute Gasteiger partial charge is 0.507 e. The molecule has 0 unspecified atom stereocenters. The molecule has 2 atom stereocenters. The molecule has 2 aromatic carbocycles. The molecule has 8 heteroatoms. The number of carbonyl (C=O) groups is 1. The number of hydrogen-bond acceptors (Lipinski definition) is 6. The summed E-state index contributed by atoms with van der Waals surface area (Å²) in [6.45, 7) is 3.88. The molecule has 1 aliphatic carbocycles. The number of nitrogens with zero attached hydrogens (tertiary/aromatic N) is 3. The van der Waals surface area contributed by atoms with Crippen molar-refractivity contribution >= 4 is 44.4 Å². The minimum absolute atomic E-state index is 0.0715. The number of nitrogens with one attached hydrogen (secondary N) is 1. The zero-order chi connectivity index (χ0) is 23.1. The number of fused-ring (bicyclic) bond motifs is 4. The van der Waals surface area contributed by atoms with Crippen LogP contribution in [0.4, 0.5) is 0 Å². The van der Waals surface area contributed by atoms with Crippen LogP contribution in [0.15, 0.2) is 52.6 Å². The molecule has 7 nitrogen and oxygen atoms in total. The molecule has 1 aliphatic rings. The zero-order valence-electron chi connectivity index (χ0n) is 18.4. The highest BCUT2D eigenvalue weighted by molar-refractivity contribution is 7.18. The van der Waals surface area contributed by atoms with E-state index in [1.807, 2.05) is 30.3 Å². The van der Waals surface area contributed by atoms with E-state index in [0.29, 0.717) is 16.9 Å². The van der Waals surface area contributed by atoms with E-state index in [9.17, 15) is 14.7 Å².